The molecule has 1 aromatic carbocycles. The van der Waals surface area contributed by atoms with Gasteiger partial charge in [0.25, 0.3) is 5.91 Å². The molecule has 4 rings (SSSR count). The highest BCUT2D eigenvalue weighted by molar-refractivity contribution is 5.94. The fourth-order valence-electron chi connectivity index (χ4n) is 3.58. The van der Waals surface area contributed by atoms with Crippen LogP contribution in [0, 0.1) is 0 Å². The van der Waals surface area contributed by atoms with Gasteiger partial charge in [-0.25, -0.2) is 4.98 Å². The van der Waals surface area contributed by atoms with Crippen LogP contribution in [-0.2, 0) is 17.7 Å². The molecule has 1 unspecified atom stereocenters. The van der Waals surface area contributed by atoms with Gasteiger partial charge in [0.05, 0.1) is 19.3 Å². The molecule has 0 aliphatic carbocycles. The van der Waals surface area contributed by atoms with Crippen molar-refractivity contribution >= 4 is 5.91 Å². The van der Waals surface area contributed by atoms with Crippen molar-refractivity contribution in [3.8, 4) is 5.88 Å². The second-order valence-electron chi connectivity index (χ2n) is 7.22. The number of nitrogens with one attached hydrogen (secondary N) is 2. The van der Waals surface area contributed by atoms with E-state index in [1.54, 1.807) is 18.3 Å². The largest absolute Gasteiger partial charge is 0.472 e. The van der Waals surface area contributed by atoms with Gasteiger partial charge in [-0.3, -0.25) is 4.79 Å². The molecule has 3 heterocycles. The molecule has 148 valence electrons. The molecule has 1 amide bonds. The minimum atomic E-state index is -0.675. The number of aliphatic hydroxyl groups is 1. The van der Waals surface area contributed by atoms with Gasteiger partial charge in [0.1, 0.15) is 6.10 Å². The number of carbonyl (C=O) groups is 1. The Morgan fingerprint density at radius 3 is 3.04 bits per heavy atom. The van der Waals surface area contributed by atoms with Crippen molar-refractivity contribution in [2.24, 2.45) is 0 Å². The van der Waals surface area contributed by atoms with Crippen LogP contribution >= 0.6 is 0 Å². The van der Waals surface area contributed by atoms with Gasteiger partial charge in [0.15, 0.2) is 0 Å². The Morgan fingerprint density at radius 2 is 2.21 bits per heavy atom. The number of benzene rings is 1. The van der Waals surface area contributed by atoms with Crippen molar-refractivity contribution in [2.75, 3.05) is 19.8 Å². The number of rotatable bonds is 6. The van der Waals surface area contributed by atoms with E-state index in [2.05, 4.69) is 27.8 Å². The van der Waals surface area contributed by atoms with E-state index in [1.165, 1.54) is 11.1 Å². The molecule has 0 bridgehead atoms. The third-order valence-corrected chi connectivity index (χ3v) is 5.22. The molecule has 7 nitrogen and oxygen atoms in total. The summed E-state index contributed by atoms with van der Waals surface area (Å²) in [6.45, 7) is 2.12. The lowest BCUT2D eigenvalue weighted by Gasteiger charge is -2.30. The zero-order valence-corrected chi connectivity index (χ0v) is 15.6. The van der Waals surface area contributed by atoms with Gasteiger partial charge in [-0.2, -0.15) is 0 Å². The summed E-state index contributed by atoms with van der Waals surface area (Å²) in [7, 11) is 0. The van der Waals surface area contributed by atoms with Crippen LogP contribution in [0.15, 0.2) is 42.6 Å². The molecule has 2 aliphatic heterocycles. The molecule has 0 radical (unpaired) electrons. The van der Waals surface area contributed by atoms with E-state index in [4.69, 9.17) is 9.47 Å². The van der Waals surface area contributed by atoms with Crippen LogP contribution in [0.2, 0.25) is 0 Å². The first-order valence-electron chi connectivity index (χ1n) is 9.66. The maximum atomic E-state index is 12.5. The first-order chi connectivity index (χ1) is 13.7. The molecule has 3 atom stereocenters. The minimum Gasteiger partial charge on any atom is -0.472 e. The van der Waals surface area contributed by atoms with E-state index in [0.717, 1.165) is 19.4 Å². The van der Waals surface area contributed by atoms with Crippen LogP contribution in [-0.4, -0.2) is 54.0 Å². The number of pyridine rings is 1. The number of fused-ring (bicyclic) bond motifs is 1. The molecule has 0 spiro atoms. The average molecular weight is 383 g/mol. The minimum absolute atomic E-state index is 0.0205. The molecular weight excluding hydrogens is 358 g/mol. The van der Waals surface area contributed by atoms with Gasteiger partial charge in [-0.05, 0) is 23.6 Å². The number of hydrogen-bond donors (Lipinski definition) is 3. The molecule has 1 aromatic heterocycles. The van der Waals surface area contributed by atoms with Gasteiger partial charge >= 0.3 is 0 Å². The topological polar surface area (TPSA) is 92.7 Å². The van der Waals surface area contributed by atoms with E-state index < -0.39 is 6.10 Å². The van der Waals surface area contributed by atoms with Crippen molar-refractivity contribution in [3.63, 3.8) is 0 Å². The Balaban J connectivity index is 1.30. The molecule has 1 saturated heterocycles. The summed E-state index contributed by atoms with van der Waals surface area (Å²) in [5.41, 5.74) is 2.95. The second-order valence-corrected chi connectivity index (χ2v) is 7.22. The van der Waals surface area contributed by atoms with Crippen LogP contribution in [0.4, 0.5) is 0 Å². The van der Waals surface area contributed by atoms with Crippen LogP contribution in [0.3, 0.4) is 0 Å². The van der Waals surface area contributed by atoms with Crippen molar-refractivity contribution in [1.29, 1.82) is 0 Å². The molecule has 2 aromatic rings. The number of aliphatic hydroxyl groups excluding tert-OH is 1. The lowest BCUT2D eigenvalue weighted by atomic mass is 9.93. The van der Waals surface area contributed by atoms with Crippen molar-refractivity contribution < 1.29 is 19.4 Å². The summed E-state index contributed by atoms with van der Waals surface area (Å²) in [6, 6.07) is 11.4. The van der Waals surface area contributed by atoms with E-state index in [-0.39, 0.29) is 24.6 Å². The Kier molecular flexibility index (Phi) is 5.85. The van der Waals surface area contributed by atoms with E-state index in [0.29, 0.717) is 24.7 Å². The highest BCUT2D eigenvalue weighted by Crippen LogP contribution is 2.18. The van der Waals surface area contributed by atoms with Crippen molar-refractivity contribution in [2.45, 2.75) is 37.6 Å². The predicted octanol–water partition coefficient (Wildman–Crippen LogP) is 1.05. The van der Waals surface area contributed by atoms with E-state index >= 15 is 0 Å². The second kappa shape index (κ2) is 8.68. The highest BCUT2D eigenvalue weighted by Gasteiger charge is 2.25. The lowest BCUT2D eigenvalue weighted by molar-refractivity contribution is 0.0869. The monoisotopic (exact) mass is 383 g/mol. The number of ether oxygens (including phenoxy) is 2. The number of nitrogens with zero attached hydrogens (tertiary/aromatic N) is 1. The average Bonchev–Trinajstić information content (AvgIpc) is 3.24. The maximum absolute atomic E-state index is 12.5. The van der Waals surface area contributed by atoms with Crippen LogP contribution in [0.25, 0.3) is 0 Å². The summed E-state index contributed by atoms with van der Waals surface area (Å²) in [5, 5.41) is 16.7. The Hall–Kier alpha value is -2.48. The summed E-state index contributed by atoms with van der Waals surface area (Å²) in [6.07, 6.45) is 2.42. The highest BCUT2D eigenvalue weighted by atomic mass is 16.5. The van der Waals surface area contributed by atoms with Crippen molar-refractivity contribution in [3.05, 3.63) is 59.3 Å². The Labute approximate surface area is 164 Å². The summed E-state index contributed by atoms with van der Waals surface area (Å²) in [4.78, 5) is 16.6. The quantitative estimate of drug-likeness (QED) is 0.691. The third-order valence-electron chi connectivity index (χ3n) is 5.22. The van der Waals surface area contributed by atoms with E-state index in [9.17, 15) is 9.90 Å². The van der Waals surface area contributed by atoms with Crippen LogP contribution in [0.1, 0.15) is 27.9 Å². The number of aromatic nitrogens is 1. The van der Waals surface area contributed by atoms with Gasteiger partial charge in [-0.1, -0.05) is 24.3 Å². The SMILES string of the molecule is O=C(NC[C@@H](O)[C@@H]1Cc2ccccc2CN1)c1ccnc(OC2CCOC2)c1. The number of hydrogen-bond acceptors (Lipinski definition) is 6. The first kappa shape index (κ1) is 18.9. The van der Waals surface area contributed by atoms with Crippen LogP contribution < -0.4 is 15.4 Å². The Bertz CT molecular complexity index is 823. The molecule has 28 heavy (non-hydrogen) atoms. The summed E-state index contributed by atoms with van der Waals surface area (Å²) < 4.78 is 11.0. The third kappa shape index (κ3) is 4.49. The summed E-state index contributed by atoms with van der Waals surface area (Å²) >= 11 is 0. The molecule has 2 aliphatic rings. The maximum Gasteiger partial charge on any atom is 0.251 e. The normalized spacial score (nSPS) is 22.3. The number of amides is 1. The molecular formula is C21H25N3O4. The summed E-state index contributed by atoms with van der Waals surface area (Å²) in [5.74, 6) is 0.152. The van der Waals surface area contributed by atoms with Gasteiger partial charge in [-0.15, -0.1) is 0 Å². The van der Waals surface area contributed by atoms with E-state index in [1.807, 2.05) is 12.1 Å². The first-order valence-corrected chi connectivity index (χ1v) is 9.66. The van der Waals surface area contributed by atoms with Gasteiger partial charge in [0, 0.05) is 43.4 Å². The fraction of sp³-hybridized carbons (Fsp3) is 0.429. The molecule has 0 saturated carbocycles. The predicted molar refractivity (Wildman–Crippen MR) is 103 cm³/mol. The van der Waals surface area contributed by atoms with Crippen molar-refractivity contribution in [1.82, 2.24) is 15.6 Å². The molecule has 7 heteroatoms. The zero-order valence-electron chi connectivity index (χ0n) is 15.6. The molecule has 3 N–H and O–H groups in total. The smallest absolute Gasteiger partial charge is 0.251 e. The van der Waals surface area contributed by atoms with Gasteiger partial charge < -0.3 is 25.2 Å². The zero-order chi connectivity index (χ0) is 19.3. The lowest BCUT2D eigenvalue weighted by Crippen LogP contribution is -2.49. The fourth-order valence-corrected chi connectivity index (χ4v) is 3.58. The number of carbonyl (C=O) groups excluding carboxylic acids is 1. The molecule has 1 fully saturated rings. The standard InChI is InChI=1S/C21H25N3O4/c25-19(18-9-14-3-1-2-4-16(14)11-23-18)12-24-21(26)15-5-7-22-20(10-15)28-17-6-8-27-13-17/h1-5,7,10,17-19,23,25H,6,8-9,11-13H2,(H,24,26)/t17?,18-,19+/m0/s1. The van der Waals surface area contributed by atoms with Crippen LogP contribution in [0.5, 0.6) is 5.88 Å². The van der Waals surface area contributed by atoms with Gasteiger partial charge in [0.2, 0.25) is 5.88 Å². The Morgan fingerprint density at radius 1 is 1.36 bits per heavy atom.